The Hall–Kier alpha value is -0.990. The van der Waals surface area contributed by atoms with Crippen molar-refractivity contribution in [3.05, 3.63) is 12.3 Å². The van der Waals surface area contributed by atoms with Crippen LogP contribution >= 0.6 is 0 Å². The molecule has 0 bridgehead atoms. The van der Waals surface area contributed by atoms with Gasteiger partial charge in [0.2, 0.25) is 0 Å². The van der Waals surface area contributed by atoms with Crippen LogP contribution in [0.15, 0.2) is 12.3 Å². The summed E-state index contributed by atoms with van der Waals surface area (Å²) in [6, 6.07) is 0.114. The van der Waals surface area contributed by atoms with E-state index >= 15 is 0 Å². The summed E-state index contributed by atoms with van der Waals surface area (Å²) < 4.78 is 0. The van der Waals surface area contributed by atoms with Gasteiger partial charge in [0.25, 0.3) is 0 Å². The minimum absolute atomic E-state index is 0.107. The van der Waals surface area contributed by atoms with Crippen LogP contribution in [0.3, 0.4) is 0 Å². The Morgan fingerprint density at radius 3 is 3.00 bits per heavy atom. The second kappa shape index (κ2) is 2.53. The van der Waals surface area contributed by atoms with E-state index < -0.39 is 0 Å². The Labute approximate surface area is 54.1 Å². The van der Waals surface area contributed by atoms with Crippen LogP contribution < -0.4 is 10.6 Å². The topological polar surface area (TPSA) is 41.1 Å². The molecule has 1 heterocycles. The third-order valence-electron chi connectivity index (χ3n) is 1.30. The van der Waals surface area contributed by atoms with Gasteiger partial charge in [-0.3, -0.25) is 0 Å². The van der Waals surface area contributed by atoms with E-state index in [9.17, 15) is 4.79 Å². The highest BCUT2D eigenvalue weighted by atomic mass is 16.2. The standard InChI is InChI=1S/C6H10N2O/c1-2-5-3-4-7-6(9)8-5/h3-5H,2H2,1H3,(H2,7,8,9). The minimum Gasteiger partial charge on any atom is -0.332 e. The number of amides is 2. The van der Waals surface area contributed by atoms with Crippen LogP contribution in [0.2, 0.25) is 0 Å². The van der Waals surface area contributed by atoms with Gasteiger partial charge in [-0.1, -0.05) is 6.92 Å². The highest BCUT2D eigenvalue weighted by molar-refractivity contribution is 5.76. The van der Waals surface area contributed by atoms with Crippen LogP contribution in [0.5, 0.6) is 0 Å². The fourth-order valence-corrected chi connectivity index (χ4v) is 0.736. The minimum atomic E-state index is -0.107. The van der Waals surface area contributed by atoms with Gasteiger partial charge in [0, 0.05) is 6.20 Å². The fourth-order valence-electron chi connectivity index (χ4n) is 0.736. The van der Waals surface area contributed by atoms with Crippen molar-refractivity contribution in [2.24, 2.45) is 0 Å². The fraction of sp³-hybridized carbons (Fsp3) is 0.500. The number of urea groups is 1. The Bertz CT molecular complexity index is 142. The summed E-state index contributed by atoms with van der Waals surface area (Å²) in [6.07, 6.45) is 4.55. The average Bonchev–Trinajstić information content (AvgIpc) is 1.88. The van der Waals surface area contributed by atoms with Gasteiger partial charge in [0.1, 0.15) is 0 Å². The Morgan fingerprint density at radius 2 is 2.56 bits per heavy atom. The quantitative estimate of drug-likeness (QED) is 0.530. The molecule has 1 rings (SSSR count). The second-order valence-electron chi connectivity index (χ2n) is 1.99. The van der Waals surface area contributed by atoms with E-state index in [0.29, 0.717) is 0 Å². The van der Waals surface area contributed by atoms with Gasteiger partial charge < -0.3 is 10.6 Å². The first-order valence-electron chi connectivity index (χ1n) is 3.06. The van der Waals surface area contributed by atoms with Crippen molar-refractivity contribution in [2.45, 2.75) is 19.4 Å². The summed E-state index contributed by atoms with van der Waals surface area (Å²) in [5.74, 6) is 0. The smallest absolute Gasteiger partial charge is 0.319 e. The molecule has 0 radical (unpaired) electrons. The van der Waals surface area contributed by atoms with Gasteiger partial charge in [-0.15, -0.1) is 0 Å². The zero-order valence-corrected chi connectivity index (χ0v) is 5.35. The molecule has 0 aliphatic carbocycles. The zero-order chi connectivity index (χ0) is 6.69. The molecule has 3 nitrogen and oxygen atoms in total. The van der Waals surface area contributed by atoms with E-state index in [2.05, 4.69) is 10.6 Å². The van der Waals surface area contributed by atoms with Gasteiger partial charge in [0.05, 0.1) is 6.04 Å². The van der Waals surface area contributed by atoms with Gasteiger partial charge >= 0.3 is 6.03 Å². The van der Waals surface area contributed by atoms with E-state index in [4.69, 9.17) is 0 Å². The molecule has 1 atom stereocenters. The van der Waals surface area contributed by atoms with E-state index in [1.807, 2.05) is 13.0 Å². The van der Waals surface area contributed by atoms with E-state index in [0.717, 1.165) is 6.42 Å². The molecule has 3 heteroatoms. The monoisotopic (exact) mass is 126 g/mol. The van der Waals surface area contributed by atoms with Gasteiger partial charge in [-0.2, -0.15) is 0 Å². The van der Waals surface area contributed by atoms with Crippen molar-refractivity contribution in [2.75, 3.05) is 0 Å². The van der Waals surface area contributed by atoms with Crippen LogP contribution in [0.4, 0.5) is 4.79 Å². The maximum Gasteiger partial charge on any atom is 0.319 e. The normalized spacial score (nSPS) is 25.0. The van der Waals surface area contributed by atoms with Crippen LogP contribution in [0.1, 0.15) is 13.3 Å². The molecule has 2 amide bonds. The van der Waals surface area contributed by atoms with Crippen LogP contribution in [-0.2, 0) is 0 Å². The predicted octanol–water partition coefficient (Wildman–Crippen LogP) is 0.592. The molecule has 2 N–H and O–H groups in total. The van der Waals surface area contributed by atoms with Gasteiger partial charge in [0.15, 0.2) is 0 Å². The summed E-state index contributed by atoms with van der Waals surface area (Å²) in [5.41, 5.74) is 0. The number of rotatable bonds is 1. The van der Waals surface area contributed by atoms with Gasteiger partial charge in [-0.05, 0) is 12.5 Å². The first kappa shape index (κ1) is 6.13. The first-order valence-corrected chi connectivity index (χ1v) is 3.06. The highest BCUT2D eigenvalue weighted by Gasteiger charge is 2.08. The summed E-state index contributed by atoms with van der Waals surface area (Å²) in [4.78, 5) is 10.6. The average molecular weight is 126 g/mol. The summed E-state index contributed by atoms with van der Waals surface area (Å²) >= 11 is 0. The summed E-state index contributed by atoms with van der Waals surface area (Å²) in [5, 5.41) is 5.24. The molecule has 9 heavy (non-hydrogen) atoms. The van der Waals surface area contributed by atoms with Crippen molar-refractivity contribution in [3.63, 3.8) is 0 Å². The summed E-state index contributed by atoms with van der Waals surface area (Å²) in [7, 11) is 0. The number of hydrogen-bond donors (Lipinski definition) is 2. The molecule has 1 unspecified atom stereocenters. The molecule has 0 saturated heterocycles. The molecule has 0 spiro atoms. The molecule has 0 aromatic carbocycles. The zero-order valence-electron chi connectivity index (χ0n) is 5.35. The largest absolute Gasteiger partial charge is 0.332 e. The SMILES string of the molecule is CCC1C=CNC(=O)N1. The lowest BCUT2D eigenvalue weighted by Gasteiger charge is -2.16. The van der Waals surface area contributed by atoms with Crippen molar-refractivity contribution >= 4 is 6.03 Å². The van der Waals surface area contributed by atoms with Crippen LogP contribution in [-0.4, -0.2) is 12.1 Å². The van der Waals surface area contributed by atoms with Crippen LogP contribution in [0.25, 0.3) is 0 Å². The number of carbonyl (C=O) groups is 1. The third kappa shape index (κ3) is 1.45. The molecule has 1 aliphatic heterocycles. The Morgan fingerprint density at radius 1 is 1.78 bits per heavy atom. The maximum atomic E-state index is 10.6. The molecular formula is C6H10N2O. The van der Waals surface area contributed by atoms with Crippen molar-refractivity contribution < 1.29 is 4.79 Å². The lowest BCUT2D eigenvalue weighted by molar-refractivity contribution is 0.240. The Balaban J connectivity index is 2.49. The second-order valence-corrected chi connectivity index (χ2v) is 1.99. The van der Waals surface area contributed by atoms with E-state index in [1.165, 1.54) is 0 Å². The van der Waals surface area contributed by atoms with Gasteiger partial charge in [-0.25, -0.2) is 4.79 Å². The maximum absolute atomic E-state index is 10.6. The lowest BCUT2D eigenvalue weighted by atomic mass is 10.2. The predicted molar refractivity (Wildman–Crippen MR) is 34.9 cm³/mol. The highest BCUT2D eigenvalue weighted by Crippen LogP contribution is 1.94. The molecule has 0 fully saturated rings. The molecular weight excluding hydrogens is 116 g/mol. The number of nitrogens with one attached hydrogen (secondary N) is 2. The molecule has 0 aromatic rings. The van der Waals surface area contributed by atoms with Crippen molar-refractivity contribution in [1.29, 1.82) is 0 Å². The van der Waals surface area contributed by atoms with E-state index in [1.54, 1.807) is 6.20 Å². The lowest BCUT2D eigenvalue weighted by Crippen LogP contribution is -2.42. The Kier molecular flexibility index (Phi) is 1.72. The first-order chi connectivity index (χ1) is 4.33. The molecule has 0 saturated carbocycles. The van der Waals surface area contributed by atoms with Crippen molar-refractivity contribution in [3.8, 4) is 0 Å². The molecule has 1 aliphatic rings. The van der Waals surface area contributed by atoms with Crippen molar-refractivity contribution in [1.82, 2.24) is 10.6 Å². The number of carbonyl (C=O) groups excluding carboxylic acids is 1. The van der Waals surface area contributed by atoms with E-state index in [-0.39, 0.29) is 12.1 Å². The summed E-state index contributed by atoms with van der Waals surface area (Å²) in [6.45, 7) is 2.03. The van der Waals surface area contributed by atoms with Crippen LogP contribution in [0, 0.1) is 0 Å². The third-order valence-corrected chi connectivity index (χ3v) is 1.30. The number of hydrogen-bond acceptors (Lipinski definition) is 1. The molecule has 0 aromatic heterocycles. The molecule has 50 valence electrons.